The molecule has 1 N–H and O–H groups in total. The van der Waals surface area contributed by atoms with Crippen LogP contribution in [0.5, 0.6) is 5.75 Å². The molecule has 24 heavy (non-hydrogen) atoms. The van der Waals surface area contributed by atoms with E-state index >= 15 is 0 Å². The molecule has 0 aliphatic carbocycles. The van der Waals surface area contributed by atoms with E-state index < -0.39 is 0 Å². The molecule has 1 aliphatic rings. The number of methoxy groups -OCH3 is 1. The molecule has 0 radical (unpaired) electrons. The number of anilines is 2. The van der Waals surface area contributed by atoms with Crippen LogP contribution < -0.4 is 15.0 Å². The Morgan fingerprint density at radius 3 is 2.54 bits per heavy atom. The Morgan fingerprint density at radius 2 is 1.92 bits per heavy atom. The zero-order valence-corrected chi connectivity index (χ0v) is 15.5. The highest BCUT2D eigenvalue weighted by Crippen LogP contribution is 2.28. The number of ether oxygens (including phenoxy) is 1. The number of rotatable bonds is 4. The minimum Gasteiger partial charge on any atom is -0.496 e. The lowest BCUT2D eigenvalue weighted by molar-refractivity contribution is 0.102. The summed E-state index contributed by atoms with van der Waals surface area (Å²) in [5, 5.41) is 2.99. The van der Waals surface area contributed by atoms with Crippen molar-refractivity contribution in [3.8, 4) is 5.75 Å². The smallest absolute Gasteiger partial charge is 0.255 e. The minimum absolute atomic E-state index is 0.129. The molecule has 3 rings (SSSR count). The number of aryl methyl sites for hydroxylation is 1. The maximum absolute atomic E-state index is 12.5. The molecule has 1 amide bonds. The van der Waals surface area contributed by atoms with Crippen molar-refractivity contribution < 1.29 is 9.53 Å². The zero-order chi connectivity index (χ0) is 17.1. The molecule has 0 atom stereocenters. The Bertz CT molecular complexity index is 755. The van der Waals surface area contributed by atoms with E-state index in [0.717, 1.165) is 28.8 Å². The van der Waals surface area contributed by atoms with Gasteiger partial charge in [0.05, 0.1) is 11.6 Å². The van der Waals surface area contributed by atoms with Gasteiger partial charge in [0.2, 0.25) is 0 Å². The lowest BCUT2D eigenvalue weighted by Gasteiger charge is -2.19. The van der Waals surface area contributed by atoms with E-state index in [1.807, 2.05) is 13.0 Å². The summed E-state index contributed by atoms with van der Waals surface area (Å²) in [6, 6.07) is 11.5. The molecular weight excluding hydrogens is 368 g/mol. The SMILES string of the molecule is COc1ccc(C(=O)Nc2ccc(N3CCCC3)cc2C)cc1Br. The van der Waals surface area contributed by atoms with E-state index in [-0.39, 0.29) is 5.91 Å². The Balaban J connectivity index is 1.75. The zero-order valence-electron chi connectivity index (χ0n) is 13.9. The summed E-state index contributed by atoms with van der Waals surface area (Å²) in [7, 11) is 1.60. The molecule has 5 heteroatoms. The minimum atomic E-state index is -0.129. The van der Waals surface area contributed by atoms with Gasteiger partial charge in [-0.15, -0.1) is 0 Å². The van der Waals surface area contributed by atoms with E-state index in [1.54, 1.807) is 25.3 Å². The van der Waals surface area contributed by atoms with Crippen LogP contribution in [-0.2, 0) is 0 Å². The molecule has 1 fully saturated rings. The Morgan fingerprint density at radius 1 is 1.17 bits per heavy atom. The number of hydrogen-bond acceptors (Lipinski definition) is 3. The third-order valence-electron chi connectivity index (χ3n) is 4.34. The van der Waals surface area contributed by atoms with Crippen molar-refractivity contribution in [1.29, 1.82) is 0 Å². The number of nitrogens with one attached hydrogen (secondary N) is 1. The average molecular weight is 389 g/mol. The van der Waals surface area contributed by atoms with Crippen molar-refractivity contribution in [1.82, 2.24) is 0 Å². The number of carbonyl (C=O) groups is 1. The van der Waals surface area contributed by atoms with Crippen molar-refractivity contribution in [3.63, 3.8) is 0 Å². The van der Waals surface area contributed by atoms with Crippen LogP contribution >= 0.6 is 15.9 Å². The fraction of sp³-hybridized carbons (Fsp3) is 0.316. The van der Waals surface area contributed by atoms with Gasteiger partial charge in [-0.05, 0) is 77.7 Å². The number of carbonyl (C=O) groups excluding carboxylic acids is 1. The first-order valence-electron chi connectivity index (χ1n) is 8.09. The third kappa shape index (κ3) is 3.56. The normalized spacial score (nSPS) is 13.9. The summed E-state index contributed by atoms with van der Waals surface area (Å²) in [5.41, 5.74) is 3.73. The Labute approximate surface area is 150 Å². The lowest BCUT2D eigenvalue weighted by atomic mass is 10.1. The number of benzene rings is 2. The van der Waals surface area contributed by atoms with Crippen LogP contribution in [0, 0.1) is 6.92 Å². The molecular formula is C19H21BrN2O2. The first kappa shape index (κ1) is 16.8. The van der Waals surface area contributed by atoms with E-state index in [4.69, 9.17) is 4.74 Å². The standard InChI is InChI=1S/C19H21BrN2O2/c1-13-11-15(22-9-3-4-10-22)6-7-17(13)21-19(23)14-5-8-18(24-2)16(20)12-14/h5-8,11-12H,3-4,9-10H2,1-2H3,(H,21,23). The number of halogens is 1. The first-order valence-corrected chi connectivity index (χ1v) is 8.88. The van der Waals surface area contributed by atoms with Crippen LogP contribution in [-0.4, -0.2) is 26.1 Å². The van der Waals surface area contributed by atoms with Crippen LogP contribution in [0.15, 0.2) is 40.9 Å². The van der Waals surface area contributed by atoms with Crippen molar-refractivity contribution >= 4 is 33.2 Å². The van der Waals surface area contributed by atoms with Crippen LogP contribution in [0.2, 0.25) is 0 Å². The fourth-order valence-electron chi connectivity index (χ4n) is 2.96. The molecule has 1 aliphatic heterocycles. The van der Waals surface area contributed by atoms with E-state index in [9.17, 15) is 4.79 Å². The van der Waals surface area contributed by atoms with Gasteiger partial charge >= 0.3 is 0 Å². The van der Waals surface area contributed by atoms with Crippen molar-refractivity contribution in [2.75, 3.05) is 30.4 Å². The highest BCUT2D eigenvalue weighted by Gasteiger charge is 2.14. The van der Waals surface area contributed by atoms with Crippen molar-refractivity contribution in [3.05, 3.63) is 52.0 Å². The summed E-state index contributed by atoms with van der Waals surface area (Å²) in [4.78, 5) is 14.9. The van der Waals surface area contributed by atoms with Crippen LogP contribution in [0.1, 0.15) is 28.8 Å². The molecule has 2 aromatic rings. The average Bonchev–Trinajstić information content (AvgIpc) is 3.11. The molecule has 0 spiro atoms. The predicted molar refractivity (Wildman–Crippen MR) is 101 cm³/mol. The summed E-state index contributed by atoms with van der Waals surface area (Å²) >= 11 is 3.41. The monoisotopic (exact) mass is 388 g/mol. The largest absolute Gasteiger partial charge is 0.496 e. The molecule has 0 unspecified atom stereocenters. The van der Waals surface area contributed by atoms with Gasteiger partial charge in [0.25, 0.3) is 5.91 Å². The van der Waals surface area contributed by atoms with Gasteiger partial charge < -0.3 is 15.0 Å². The first-order chi connectivity index (χ1) is 11.6. The van der Waals surface area contributed by atoms with E-state index in [2.05, 4.69) is 38.3 Å². The molecule has 4 nitrogen and oxygen atoms in total. The highest BCUT2D eigenvalue weighted by atomic mass is 79.9. The molecule has 2 aromatic carbocycles. The lowest BCUT2D eigenvalue weighted by Crippen LogP contribution is -2.18. The summed E-state index contributed by atoms with van der Waals surface area (Å²) < 4.78 is 5.96. The second-order valence-corrected chi connectivity index (χ2v) is 6.85. The van der Waals surface area contributed by atoms with Crippen LogP contribution in [0.4, 0.5) is 11.4 Å². The molecule has 126 valence electrons. The Kier molecular flexibility index (Phi) is 5.09. The molecule has 0 aromatic heterocycles. The maximum Gasteiger partial charge on any atom is 0.255 e. The summed E-state index contributed by atoms with van der Waals surface area (Å²) in [6.45, 7) is 4.26. The predicted octanol–water partition coefficient (Wildman–Crippen LogP) is 4.62. The third-order valence-corrected chi connectivity index (χ3v) is 4.96. The molecule has 0 bridgehead atoms. The second kappa shape index (κ2) is 7.26. The van der Waals surface area contributed by atoms with Gasteiger partial charge in [-0.3, -0.25) is 4.79 Å². The topological polar surface area (TPSA) is 41.6 Å². The fourth-order valence-corrected chi connectivity index (χ4v) is 3.50. The molecule has 0 saturated carbocycles. The van der Waals surface area contributed by atoms with Crippen LogP contribution in [0.3, 0.4) is 0 Å². The quantitative estimate of drug-likeness (QED) is 0.830. The van der Waals surface area contributed by atoms with Crippen molar-refractivity contribution in [2.24, 2.45) is 0 Å². The second-order valence-electron chi connectivity index (χ2n) is 6.00. The summed E-state index contributed by atoms with van der Waals surface area (Å²) in [5.74, 6) is 0.577. The van der Waals surface area contributed by atoms with Crippen LogP contribution in [0.25, 0.3) is 0 Å². The number of hydrogen-bond donors (Lipinski definition) is 1. The van der Waals surface area contributed by atoms with Gasteiger partial charge in [0.15, 0.2) is 0 Å². The molecule has 1 saturated heterocycles. The Hall–Kier alpha value is -2.01. The van der Waals surface area contributed by atoms with Gasteiger partial charge in [0.1, 0.15) is 5.75 Å². The van der Waals surface area contributed by atoms with Crippen molar-refractivity contribution in [2.45, 2.75) is 19.8 Å². The maximum atomic E-state index is 12.5. The van der Waals surface area contributed by atoms with E-state index in [1.165, 1.54) is 18.5 Å². The molecule has 1 heterocycles. The highest BCUT2D eigenvalue weighted by molar-refractivity contribution is 9.10. The summed E-state index contributed by atoms with van der Waals surface area (Å²) in [6.07, 6.45) is 2.51. The van der Waals surface area contributed by atoms with Gasteiger partial charge in [-0.1, -0.05) is 0 Å². The van der Waals surface area contributed by atoms with Gasteiger partial charge in [-0.25, -0.2) is 0 Å². The van der Waals surface area contributed by atoms with Gasteiger partial charge in [0, 0.05) is 30.0 Å². The van der Waals surface area contributed by atoms with Gasteiger partial charge in [-0.2, -0.15) is 0 Å². The number of nitrogens with zero attached hydrogens (tertiary/aromatic N) is 1. The number of amides is 1. The van der Waals surface area contributed by atoms with E-state index in [0.29, 0.717) is 11.3 Å².